The third kappa shape index (κ3) is 1.27. The van der Waals surface area contributed by atoms with E-state index >= 15 is 0 Å². The highest BCUT2D eigenvalue weighted by molar-refractivity contribution is 6.07. The molecule has 2 aromatic carbocycles. The fourth-order valence-corrected chi connectivity index (χ4v) is 2.94. The average Bonchev–Trinajstić information content (AvgIpc) is 3.14. The summed E-state index contributed by atoms with van der Waals surface area (Å²) in [5.41, 5.74) is 10.0. The summed E-state index contributed by atoms with van der Waals surface area (Å²) in [6.45, 7) is 0.765. The van der Waals surface area contributed by atoms with E-state index in [4.69, 9.17) is 5.73 Å². The average molecular weight is 236 g/mol. The predicted molar refractivity (Wildman–Crippen MR) is 75.8 cm³/mol. The molecule has 3 aromatic rings. The van der Waals surface area contributed by atoms with E-state index in [9.17, 15) is 0 Å². The van der Waals surface area contributed by atoms with Crippen molar-refractivity contribution >= 4 is 21.8 Å². The number of fused-ring (bicyclic) bond motifs is 3. The fraction of sp³-hybridized carbons (Fsp3) is 0.250. The van der Waals surface area contributed by atoms with Gasteiger partial charge in [0.15, 0.2) is 0 Å². The van der Waals surface area contributed by atoms with Gasteiger partial charge in [0.1, 0.15) is 0 Å². The van der Waals surface area contributed by atoms with E-state index in [-0.39, 0.29) is 5.41 Å². The molecule has 0 spiro atoms. The molecular formula is C16H16N2. The largest absolute Gasteiger partial charge is 0.355 e. The topological polar surface area (TPSA) is 41.8 Å². The third-order valence-corrected chi connectivity index (χ3v) is 4.36. The highest BCUT2D eigenvalue weighted by Crippen LogP contribution is 2.48. The molecule has 2 heteroatoms. The van der Waals surface area contributed by atoms with Crippen LogP contribution in [0.2, 0.25) is 0 Å². The monoisotopic (exact) mass is 236 g/mol. The van der Waals surface area contributed by atoms with Crippen LogP contribution < -0.4 is 5.73 Å². The zero-order chi connectivity index (χ0) is 12.2. The maximum absolute atomic E-state index is 5.93. The van der Waals surface area contributed by atoms with E-state index in [1.807, 2.05) is 0 Å². The molecule has 1 aliphatic carbocycles. The molecule has 0 aliphatic heterocycles. The maximum atomic E-state index is 5.93. The quantitative estimate of drug-likeness (QED) is 0.704. The van der Waals surface area contributed by atoms with E-state index in [1.54, 1.807) is 0 Å². The number of para-hydroxylation sites is 1. The fourth-order valence-electron chi connectivity index (χ4n) is 2.94. The zero-order valence-electron chi connectivity index (χ0n) is 10.2. The summed E-state index contributed by atoms with van der Waals surface area (Å²) < 4.78 is 0. The van der Waals surface area contributed by atoms with E-state index in [2.05, 4.69) is 47.4 Å². The summed E-state index contributed by atoms with van der Waals surface area (Å²) in [6.07, 6.45) is 2.47. The molecular weight excluding hydrogens is 220 g/mol. The first-order valence-corrected chi connectivity index (χ1v) is 6.53. The molecule has 1 saturated carbocycles. The first kappa shape index (κ1) is 10.2. The van der Waals surface area contributed by atoms with Crippen LogP contribution in [0.25, 0.3) is 21.8 Å². The second-order valence-corrected chi connectivity index (χ2v) is 5.42. The molecule has 0 bridgehead atoms. The van der Waals surface area contributed by atoms with E-state index < -0.39 is 0 Å². The molecule has 1 aliphatic rings. The van der Waals surface area contributed by atoms with Crippen LogP contribution in [-0.2, 0) is 5.41 Å². The van der Waals surface area contributed by atoms with Gasteiger partial charge in [-0.15, -0.1) is 0 Å². The number of hydrogen-bond acceptors (Lipinski definition) is 1. The van der Waals surface area contributed by atoms with Crippen LogP contribution in [0.4, 0.5) is 0 Å². The lowest BCUT2D eigenvalue weighted by Crippen LogP contribution is -2.19. The summed E-state index contributed by atoms with van der Waals surface area (Å²) >= 11 is 0. The predicted octanol–water partition coefficient (Wildman–Crippen LogP) is 3.31. The number of aromatic nitrogens is 1. The Kier molecular flexibility index (Phi) is 1.90. The van der Waals surface area contributed by atoms with Gasteiger partial charge < -0.3 is 10.7 Å². The normalized spacial score (nSPS) is 17.4. The molecule has 0 atom stereocenters. The number of rotatable bonds is 2. The molecule has 1 heterocycles. The second kappa shape index (κ2) is 3.36. The van der Waals surface area contributed by atoms with Gasteiger partial charge in [0.25, 0.3) is 0 Å². The van der Waals surface area contributed by atoms with Gasteiger partial charge in [-0.05, 0) is 36.6 Å². The number of benzene rings is 2. The van der Waals surface area contributed by atoms with E-state index in [1.165, 1.54) is 40.2 Å². The Bertz CT molecular complexity index is 735. The maximum Gasteiger partial charge on any atom is 0.0465 e. The van der Waals surface area contributed by atoms with Crippen molar-refractivity contribution in [3.05, 3.63) is 48.0 Å². The van der Waals surface area contributed by atoms with Crippen molar-refractivity contribution in [2.24, 2.45) is 5.73 Å². The lowest BCUT2D eigenvalue weighted by molar-refractivity contribution is 0.706. The van der Waals surface area contributed by atoms with Crippen LogP contribution in [0, 0.1) is 0 Å². The first-order chi connectivity index (χ1) is 8.82. The van der Waals surface area contributed by atoms with E-state index in [0.29, 0.717) is 0 Å². The minimum atomic E-state index is 0.270. The smallest absolute Gasteiger partial charge is 0.0465 e. The molecule has 2 nitrogen and oxygen atoms in total. The van der Waals surface area contributed by atoms with Gasteiger partial charge in [-0.3, -0.25) is 0 Å². The number of H-pyrrole nitrogens is 1. The summed E-state index contributed by atoms with van der Waals surface area (Å²) in [5.74, 6) is 0. The van der Waals surface area contributed by atoms with Gasteiger partial charge in [0, 0.05) is 33.8 Å². The third-order valence-electron chi connectivity index (χ3n) is 4.36. The Balaban J connectivity index is 2.01. The molecule has 4 rings (SSSR count). The van der Waals surface area contributed by atoms with Gasteiger partial charge in [-0.2, -0.15) is 0 Å². The highest BCUT2D eigenvalue weighted by atomic mass is 14.7. The lowest BCUT2D eigenvalue weighted by Gasteiger charge is -2.12. The van der Waals surface area contributed by atoms with E-state index in [0.717, 1.165) is 6.54 Å². The van der Waals surface area contributed by atoms with Crippen molar-refractivity contribution in [3.8, 4) is 0 Å². The van der Waals surface area contributed by atoms with Gasteiger partial charge in [0.05, 0.1) is 0 Å². The van der Waals surface area contributed by atoms with Crippen LogP contribution in [0.3, 0.4) is 0 Å². The van der Waals surface area contributed by atoms with Crippen LogP contribution >= 0.6 is 0 Å². The molecule has 0 saturated heterocycles. The molecule has 0 radical (unpaired) electrons. The van der Waals surface area contributed by atoms with Crippen molar-refractivity contribution in [2.75, 3.05) is 6.54 Å². The molecule has 1 aromatic heterocycles. The number of nitrogens with two attached hydrogens (primary N) is 1. The lowest BCUT2D eigenvalue weighted by atomic mass is 9.94. The van der Waals surface area contributed by atoms with Crippen molar-refractivity contribution in [1.29, 1.82) is 0 Å². The van der Waals surface area contributed by atoms with Gasteiger partial charge in [0.2, 0.25) is 0 Å². The van der Waals surface area contributed by atoms with Crippen LogP contribution in [0.15, 0.2) is 42.5 Å². The standard InChI is InChI=1S/C16H16N2/c17-10-16(7-8-16)11-5-6-15-13(9-11)12-3-1-2-4-14(12)18-15/h1-6,9,18H,7-8,10,17H2. The molecule has 3 N–H and O–H groups in total. The number of hydrogen-bond donors (Lipinski definition) is 2. The Labute approximate surface area is 106 Å². The van der Waals surface area contributed by atoms with Gasteiger partial charge >= 0.3 is 0 Å². The SMILES string of the molecule is NCC1(c2ccc3[nH]c4ccccc4c3c2)CC1. The minimum absolute atomic E-state index is 0.270. The Morgan fingerprint density at radius 1 is 1.00 bits per heavy atom. The highest BCUT2D eigenvalue weighted by Gasteiger charge is 2.42. The summed E-state index contributed by atoms with van der Waals surface area (Å²) in [6, 6.07) is 15.2. The number of aromatic amines is 1. The molecule has 90 valence electrons. The zero-order valence-corrected chi connectivity index (χ0v) is 10.2. The van der Waals surface area contributed by atoms with Crippen LogP contribution in [-0.4, -0.2) is 11.5 Å². The van der Waals surface area contributed by atoms with Crippen molar-refractivity contribution < 1.29 is 0 Å². The van der Waals surface area contributed by atoms with Gasteiger partial charge in [-0.1, -0.05) is 24.3 Å². The molecule has 0 amide bonds. The van der Waals surface area contributed by atoms with Crippen LogP contribution in [0.5, 0.6) is 0 Å². The first-order valence-electron chi connectivity index (χ1n) is 6.53. The number of nitrogens with one attached hydrogen (secondary N) is 1. The Hall–Kier alpha value is -1.80. The Morgan fingerprint density at radius 3 is 2.56 bits per heavy atom. The summed E-state index contributed by atoms with van der Waals surface area (Å²) in [5, 5.41) is 2.63. The van der Waals surface area contributed by atoms with Gasteiger partial charge in [-0.25, -0.2) is 0 Å². The molecule has 0 unspecified atom stereocenters. The summed E-state index contributed by atoms with van der Waals surface area (Å²) in [7, 11) is 0. The van der Waals surface area contributed by atoms with Crippen molar-refractivity contribution in [1.82, 2.24) is 4.98 Å². The second-order valence-electron chi connectivity index (χ2n) is 5.42. The molecule has 1 fully saturated rings. The summed E-state index contributed by atoms with van der Waals surface area (Å²) in [4.78, 5) is 3.46. The molecule has 18 heavy (non-hydrogen) atoms. The van der Waals surface area contributed by atoms with Crippen LogP contribution in [0.1, 0.15) is 18.4 Å². The van der Waals surface area contributed by atoms with Crippen molar-refractivity contribution in [2.45, 2.75) is 18.3 Å². The van der Waals surface area contributed by atoms with Crippen molar-refractivity contribution in [3.63, 3.8) is 0 Å². The Morgan fingerprint density at radius 2 is 1.78 bits per heavy atom. The minimum Gasteiger partial charge on any atom is -0.355 e.